The first-order chi connectivity index (χ1) is 44.0. The number of ether oxygens (including phenoxy) is 5. The van der Waals surface area contributed by atoms with Crippen LogP contribution in [-0.4, -0.2) is 182 Å². The molecule has 0 bridgehead atoms. The number of carbonyl (C=O) groups is 5. The number of nitrogens with one attached hydrogen (secondary N) is 5. The number of nitrogens with zero attached hydrogens (tertiary/aromatic N) is 7. The normalized spacial score (nSPS) is 13.3. The van der Waals surface area contributed by atoms with E-state index in [-0.39, 0.29) is 76.3 Å². The largest absolute Gasteiger partial charge is 0.491 e. The Labute approximate surface area is 598 Å². The molecule has 0 spiro atoms. The molecule has 0 saturated heterocycles. The van der Waals surface area contributed by atoms with Crippen molar-refractivity contribution in [3.8, 4) is 17.2 Å². The summed E-state index contributed by atoms with van der Waals surface area (Å²) in [5, 5.41) is 14.1. The minimum Gasteiger partial charge on any atom is -0.491 e. The Morgan fingerprint density at radius 1 is 0.505 bits per heavy atom. The highest BCUT2D eigenvalue weighted by Crippen LogP contribution is 2.25. The highest BCUT2D eigenvalue weighted by atomic mass is 32.1. The number of benzene rings is 3. The number of aromatic nitrogens is 2. The summed E-state index contributed by atoms with van der Waals surface area (Å²) in [6.45, 7) is 30.5. The van der Waals surface area contributed by atoms with E-state index in [0.29, 0.717) is 95.9 Å². The molecule has 3 unspecified atom stereocenters. The SMILES string of the molecule is Cc1cccc(C)c1OCC(C)NC(=O)[C@@H](N)CCCN=C(N)N(C)C.Cc1cccc(C)c1OCC(C)NC(=O)[C@H](CCCN=C(N)N(C)C)NC(=O)OC(C)(C)C.Cc1cccc(C)c1OCC(C)NC(=O)[C@H](CCCN=C(N)n1ccnc1)NC(=O)OC(C)(C)C.S.S.S. The van der Waals surface area contributed by atoms with Gasteiger partial charge in [0.1, 0.15) is 66.7 Å². The monoisotopic (exact) mass is 1410 g/mol. The fourth-order valence-corrected chi connectivity index (χ4v) is 8.68. The molecule has 0 radical (unpaired) electrons. The lowest BCUT2D eigenvalue weighted by Crippen LogP contribution is -2.51. The number of rotatable bonds is 29. The van der Waals surface area contributed by atoms with Gasteiger partial charge in [-0.1, -0.05) is 54.6 Å². The summed E-state index contributed by atoms with van der Waals surface area (Å²) in [5.41, 5.74) is 28.4. The smallest absolute Gasteiger partial charge is 0.408 e. The minimum atomic E-state index is -0.794. The maximum absolute atomic E-state index is 13.0. The molecule has 0 aliphatic carbocycles. The second-order valence-corrected chi connectivity index (χ2v) is 25.7. The summed E-state index contributed by atoms with van der Waals surface area (Å²) in [7, 11) is 7.28. The minimum absolute atomic E-state index is 0. The van der Waals surface area contributed by atoms with Gasteiger partial charge < -0.3 is 83.0 Å². The van der Waals surface area contributed by atoms with E-state index in [4.69, 9.17) is 46.6 Å². The molecule has 26 nitrogen and oxygen atoms in total. The topological polar surface area (TPSA) is 357 Å². The van der Waals surface area contributed by atoms with Crippen LogP contribution in [0.15, 0.2) is 88.3 Å². The third kappa shape index (κ3) is 38.1. The number of hydrogen-bond acceptors (Lipinski definition) is 15. The molecule has 97 heavy (non-hydrogen) atoms. The lowest BCUT2D eigenvalue weighted by molar-refractivity contribution is -0.124. The van der Waals surface area contributed by atoms with Gasteiger partial charge in [0.2, 0.25) is 23.7 Å². The molecule has 0 fully saturated rings. The number of hydrogen-bond donors (Lipinski definition) is 9. The molecule has 13 N–H and O–H groups in total. The Bertz CT molecular complexity index is 3020. The van der Waals surface area contributed by atoms with Crippen molar-refractivity contribution >= 4 is 88.3 Å². The van der Waals surface area contributed by atoms with E-state index < -0.39 is 41.5 Å². The van der Waals surface area contributed by atoms with Crippen molar-refractivity contribution in [2.75, 3.05) is 67.6 Å². The van der Waals surface area contributed by atoms with E-state index in [0.717, 1.165) is 50.6 Å². The number of guanidine groups is 2. The first kappa shape index (κ1) is 91.3. The second-order valence-electron chi connectivity index (χ2n) is 25.7. The Morgan fingerprint density at radius 3 is 1.11 bits per heavy atom. The Morgan fingerprint density at radius 2 is 0.814 bits per heavy atom. The van der Waals surface area contributed by atoms with Crippen molar-refractivity contribution in [2.24, 2.45) is 37.9 Å². The van der Waals surface area contributed by atoms with Crippen LogP contribution in [-0.2, 0) is 23.9 Å². The number of para-hydroxylation sites is 3. The van der Waals surface area contributed by atoms with E-state index in [1.54, 1.807) is 88.7 Å². The van der Waals surface area contributed by atoms with Gasteiger partial charge >= 0.3 is 12.2 Å². The summed E-state index contributed by atoms with van der Waals surface area (Å²) in [4.78, 5) is 82.9. The molecular weight excluding hydrogens is 1300 g/mol. The Hall–Kier alpha value is -7.76. The molecule has 4 aromatic rings. The van der Waals surface area contributed by atoms with Crippen molar-refractivity contribution in [1.29, 1.82) is 0 Å². The van der Waals surface area contributed by atoms with Gasteiger partial charge in [0.15, 0.2) is 11.9 Å². The number of amides is 5. The average Bonchev–Trinajstić information content (AvgIpc) is 1.54. The molecule has 0 aliphatic rings. The molecular formula is C68H118N16O10S3. The van der Waals surface area contributed by atoms with Gasteiger partial charge in [-0.25, -0.2) is 14.6 Å². The molecule has 0 saturated carbocycles. The Kier molecular flexibility index (Phi) is 43.7. The maximum atomic E-state index is 13.0. The summed E-state index contributed by atoms with van der Waals surface area (Å²) in [6, 6.07) is 15.1. The third-order valence-corrected chi connectivity index (χ3v) is 13.7. The molecule has 6 atom stereocenters. The van der Waals surface area contributed by atoms with Gasteiger partial charge in [0.25, 0.3) is 0 Å². The van der Waals surface area contributed by atoms with E-state index in [9.17, 15) is 24.0 Å². The van der Waals surface area contributed by atoms with Crippen LogP contribution in [0.4, 0.5) is 9.59 Å². The molecule has 548 valence electrons. The van der Waals surface area contributed by atoms with Crippen molar-refractivity contribution in [3.63, 3.8) is 0 Å². The molecule has 3 aromatic carbocycles. The number of nitrogens with two attached hydrogens (primary N) is 4. The predicted octanol–water partition coefficient (Wildman–Crippen LogP) is 7.17. The van der Waals surface area contributed by atoms with Crippen molar-refractivity contribution in [3.05, 3.63) is 107 Å². The average molecular weight is 1420 g/mol. The lowest BCUT2D eigenvalue weighted by Gasteiger charge is -2.24. The molecule has 29 heteroatoms. The number of imidazole rings is 1. The molecule has 1 heterocycles. The second kappa shape index (κ2) is 46.5. The quantitative estimate of drug-likeness (QED) is 0.0148. The van der Waals surface area contributed by atoms with Crippen LogP contribution in [0, 0.1) is 41.5 Å². The number of carbonyl (C=O) groups excluding carboxylic acids is 5. The van der Waals surface area contributed by atoms with Crippen LogP contribution >= 0.6 is 40.5 Å². The third-order valence-electron chi connectivity index (χ3n) is 13.7. The first-order valence-corrected chi connectivity index (χ1v) is 31.9. The molecule has 5 amide bonds. The van der Waals surface area contributed by atoms with Gasteiger partial charge in [-0.05, 0) is 176 Å². The van der Waals surface area contributed by atoms with Crippen LogP contribution in [0.1, 0.15) is 134 Å². The number of alkyl carbamates (subject to hydrolysis) is 2. The summed E-state index contributed by atoms with van der Waals surface area (Å²) < 4.78 is 30.0. The molecule has 4 rings (SSSR count). The van der Waals surface area contributed by atoms with Crippen molar-refractivity contribution in [2.45, 2.75) is 190 Å². The van der Waals surface area contributed by atoms with Gasteiger partial charge in [-0.2, -0.15) is 40.5 Å². The van der Waals surface area contributed by atoms with Crippen LogP contribution in [0.3, 0.4) is 0 Å². The number of aryl methyl sites for hydroxylation is 6. The van der Waals surface area contributed by atoms with Crippen molar-refractivity contribution in [1.82, 2.24) is 45.9 Å². The fraction of sp³-hybridized carbons (Fsp3) is 0.574. The summed E-state index contributed by atoms with van der Waals surface area (Å²) in [6.07, 6.45) is 6.66. The standard InChI is InChI=1S/C25H38N6O4.C24H41N5O4.C19H33N5O2.3H2S/c1-17-9-7-10-18(2)21(17)34-15-19(3)29-22(32)20(30-24(33)35-25(4,5)6)11-8-12-28-23(26)31-14-13-27-16-31;1-16-11-9-12-17(2)20(16)32-15-18(3)27-21(30)19(28-23(31)33-24(4,5)6)13-10-14-26-22(25)29(7)8;1-13-8-6-9-14(2)17(13)26-12-15(3)23-18(25)16(20)10-7-11-22-19(21)24(4)5;;;/h7,9-10,13-14,16,19-20H,8,11-12,15H2,1-6H3,(H2,26,28)(H,29,32)(H,30,33);9,11-12,18-19H,10,13-15H2,1-8H3,(H2,25,26)(H,27,30)(H,28,31);6,8-9,15-16H,7,10-12,20H2,1-5H3,(H2,21,22)(H,23,25);3*1H2/t19?,20-;18?,19-;15?,16-;;;/m000.../s1. The zero-order chi connectivity index (χ0) is 70.9. The first-order valence-electron chi connectivity index (χ1n) is 31.9. The van der Waals surface area contributed by atoms with Gasteiger partial charge in [0, 0.05) is 60.2 Å². The van der Waals surface area contributed by atoms with Gasteiger partial charge in [0.05, 0.1) is 24.2 Å². The van der Waals surface area contributed by atoms with E-state index >= 15 is 0 Å². The van der Waals surface area contributed by atoms with Crippen LogP contribution in [0.25, 0.3) is 0 Å². The number of aliphatic imine (C=N–C) groups is 3. The lowest BCUT2D eigenvalue weighted by atomic mass is 10.1. The van der Waals surface area contributed by atoms with Crippen LogP contribution in [0.5, 0.6) is 17.2 Å². The molecule has 0 aliphatic heterocycles. The van der Waals surface area contributed by atoms with E-state index in [1.807, 2.05) is 131 Å². The predicted molar refractivity (Wildman–Crippen MR) is 405 cm³/mol. The highest BCUT2D eigenvalue weighted by Gasteiger charge is 2.28. The molecule has 1 aromatic heterocycles. The summed E-state index contributed by atoms with van der Waals surface area (Å²) in [5.74, 6) is 2.89. The fourth-order valence-electron chi connectivity index (χ4n) is 8.68. The zero-order valence-electron chi connectivity index (χ0n) is 60.9. The Balaban J connectivity index is 0. The van der Waals surface area contributed by atoms with Gasteiger partial charge in [-0.15, -0.1) is 0 Å². The van der Waals surface area contributed by atoms with Gasteiger partial charge in [-0.3, -0.25) is 33.9 Å². The highest BCUT2D eigenvalue weighted by molar-refractivity contribution is 7.59. The maximum Gasteiger partial charge on any atom is 0.408 e. The van der Waals surface area contributed by atoms with Crippen molar-refractivity contribution < 1.29 is 47.7 Å². The summed E-state index contributed by atoms with van der Waals surface area (Å²) >= 11 is 0. The zero-order valence-corrected chi connectivity index (χ0v) is 63.9. The van der Waals surface area contributed by atoms with E-state index in [2.05, 4.69) is 46.5 Å². The van der Waals surface area contributed by atoms with E-state index in [1.165, 1.54) is 0 Å². The van der Waals surface area contributed by atoms with Crippen LogP contribution < -0.4 is 63.7 Å². The van der Waals surface area contributed by atoms with Crippen LogP contribution in [0.2, 0.25) is 0 Å².